The second-order valence-electron chi connectivity index (χ2n) is 12.0. The lowest BCUT2D eigenvalue weighted by Gasteiger charge is -2.35. The molecule has 4 aromatic carbocycles. The van der Waals surface area contributed by atoms with E-state index in [1.54, 1.807) is 49.4 Å². The summed E-state index contributed by atoms with van der Waals surface area (Å²) >= 11 is 18.6. The summed E-state index contributed by atoms with van der Waals surface area (Å²) in [5.41, 5.74) is 1.82. The average Bonchev–Trinajstić information content (AvgIpc) is 2.99. The van der Waals surface area contributed by atoms with Crippen molar-refractivity contribution in [1.29, 1.82) is 0 Å². The number of hydrogen-bond donors (Lipinski definition) is 1. The Morgan fingerprint density at radius 3 is 2.04 bits per heavy atom. The van der Waals surface area contributed by atoms with Gasteiger partial charge in [0.1, 0.15) is 12.6 Å². The number of nitrogens with one attached hydrogen (secondary N) is 1. The largest absolute Gasteiger partial charge is 0.350 e. The molecule has 0 spiro atoms. The van der Waals surface area contributed by atoms with Gasteiger partial charge < -0.3 is 10.2 Å². The Labute approximate surface area is 286 Å². The fourth-order valence-electron chi connectivity index (χ4n) is 4.93. The quantitative estimate of drug-likeness (QED) is 0.174. The van der Waals surface area contributed by atoms with E-state index in [2.05, 4.69) is 5.32 Å². The standard InChI is InChI=1S/C35H36Cl3N3O4S/c1-24-10-8-9-13-31(24)41(46(44,45)28-17-15-27(36)16-18-28)23-33(42)40(22-26-14-19-29(37)30(38)20-26)32(34(43)39-35(2,3)4)21-25-11-6-5-7-12-25/h5-20,32H,21-23H2,1-4H3,(H,39,43). The van der Waals surface area contributed by atoms with E-state index in [1.807, 2.05) is 51.1 Å². The van der Waals surface area contributed by atoms with E-state index in [0.717, 1.165) is 9.87 Å². The number of amides is 2. The molecule has 1 atom stereocenters. The second kappa shape index (κ2) is 14.9. The summed E-state index contributed by atoms with van der Waals surface area (Å²) < 4.78 is 29.4. The fourth-order valence-corrected chi connectivity index (χ4v) is 6.86. The van der Waals surface area contributed by atoms with Crippen molar-refractivity contribution in [3.63, 3.8) is 0 Å². The Bertz CT molecular complexity index is 1790. The van der Waals surface area contributed by atoms with Crippen molar-refractivity contribution in [3.8, 4) is 0 Å². The Kier molecular flexibility index (Phi) is 11.4. The summed E-state index contributed by atoms with van der Waals surface area (Å²) in [5, 5.41) is 4.02. The van der Waals surface area contributed by atoms with Crippen LogP contribution in [0.15, 0.2) is 102 Å². The molecular formula is C35H36Cl3N3O4S. The van der Waals surface area contributed by atoms with Gasteiger partial charge in [-0.05, 0) is 86.8 Å². The first kappa shape index (κ1) is 35.3. The molecule has 242 valence electrons. The van der Waals surface area contributed by atoms with Crippen LogP contribution in [0, 0.1) is 6.92 Å². The summed E-state index contributed by atoms with van der Waals surface area (Å²) in [7, 11) is -4.25. The molecule has 0 aliphatic rings. The zero-order valence-corrected chi connectivity index (χ0v) is 29.1. The third-order valence-electron chi connectivity index (χ3n) is 7.17. The van der Waals surface area contributed by atoms with Crippen LogP contribution in [0.5, 0.6) is 0 Å². The number of anilines is 1. The van der Waals surface area contributed by atoms with Gasteiger partial charge in [0.15, 0.2) is 0 Å². The van der Waals surface area contributed by atoms with Gasteiger partial charge in [-0.15, -0.1) is 0 Å². The van der Waals surface area contributed by atoms with Crippen LogP contribution in [0.1, 0.15) is 37.5 Å². The van der Waals surface area contributed by atoms with Gasteiger partial charge in [-0.25, -0.2) is 8.42 Å². The molecule has 46 heavy (non-hydrogen) atoms. The summed E-state index contributed by atoms with van der Waals surface area (Å²) in [5.74, 6) is -0.968. The molecule has 0 saturated carbocycles. The molecule has 0 aliphatic heterocycles. The topological polar surface area (TPSA) is 86.8 Å². The highest BCUT2D eigenvalue weighted by atomic mass is 35.5. The second-order valence-corrected chi connectivity index (χ2v) is 15.1. The van der Waals surface area contributed by atoms with Crippen molar-refractivity contribution in [2.75, 3.05) is 10.8 Å². The predicted molar refractivity (Wildman–Crippen MR) is 186 cm³/mol. The Balaban J connectivity index is 1.84. The molecule has 0 fully saturated rings. The highest BCUT2D eigenvalue weighted by Gasteiger charge is 2.36. The van der Waals surface area contributed by atoms with E-state index >= 15 is 0 Å². The predicted octanol–water partition coefficient (Wildman–Crippen LogP) is 7.71. The van der Waals surface area contributed by atoms with Crippen molar-refractivity contribution >= 4 is 62.3 Å². The molecular weight excluding hydrogens is 665 g/mol. The summed E-state index contributed by atoms with van der Waals surface area (Å²) in [6.45, 7) is 6.72. The number of carbonyl (C=O) groups is 2. The molecule has 2 amide bonds. The van der Waals surface area contributed by atoms with E-state index in [0.29, 0.717) is 26.9 Å². The molecule has 11 heteroatoms. The van der Waals surface area contributed by atoms with Gasteiger partial charge >= 0.3 is 0 Å². The van der Waals surface area contributed by atoms with Crippen LogP contribution in [-0.4, -0.2) is 43.3 Å². The van der Waals surface area contributed by atoms with E-state index in [1.165, 1.54) is 29.2 Å². The molecule has 0 aliphatic carbocycles. The Morgan fingerprint density at radius 2 is 1.43 bits per heavy atom. The first-order valence-electron chi connectivity index (χ1n) is 14.6. The number of rotatable bonds is 11. The number of benzene rings is 4. The van der Waals surface area contributed by atoms with E-state index in [4.69, 9.17) is 34.8 Å². The minimum absolute atomic E-state index is 0.0321. The van der Waals surface area contributed by atoms with Gasteiger partial charge in [0.2, 0.25) is 11.8 Å². The van der Waals surface area contributed by atoms with E-state index in [-0.39, 0.29) is 28.8 Å². The maximum absolute atomic E-state index is 14.6. The molecule has 0 heterocycles. The molecule has 4 aromatic rings. The van der Waals surface area contributed by atoms with E-state index < -0.39 is 34.1 Å². The van der Waals surface area contributed by atoms with Gasteiger partial charge in [-0.2, -0.15) is 0 Å². The lowest BCUT2D eigenvalue weighted by atomic mass is 10.0. The summed E-state index contributed by atoms with van der Waals surface area (Å²) in [6.07, 6.45) is 0.185. The van der Waals surface area contributed by atoms with Crippen LogP contribution < -0.4 is 9.62 Å². The molecule has 4 rings (SSSR count). The van der Waals surface area contributed by atoms with Crippen molar-refractivity contribution in [2.45, 2.75) is 57.1 Å². The third-order valence-corrected chi connectivity index (χ3v) is 9.94. The lowest BCUT2D eigenvalue weighted by Crippen LogP contribution is -2.56. The molecule has 1 N–H and O–H groups in total. The van der Waals surface area contributed by atoms with Crippen LogP contribution in [0.3, 0.4) is 0 Å². The van der Waals surface area contributed by atoms with Crippen LogP contribution in [0.2, 0.25) is 15.1 Å². The normalized spacial score (nSPS) is 12.3. The fraction of sp³-hybridized carbons (Fsp3) is 0.257. The van der Waals surface area contributed by atoms with E-state index in [9.17, 15) is 18.0 Å². The first-order chi connectivity index (χ1) is 21.7. The van der Waals surface area contributed by atoms with Crippen molar-refractivity contribution in [3.05, 3.63) is 129 Å². The third kappa shape index (κ3) is 9.04. The number of para-hydroxylation sites is 1. The number of sulfonamides is 1. The zero-order valence-electron chi connectivity index (χ0n) is 26.0. The molecule has 0 saturated heterocycles. The number of halogens is 3. The highest BCUT2D eigenvalue weighted by molar-refractivity contribution is 7.92. The lowest BCUT2D eigenvalue weighted by molar-refractivity contribution is -0.140. The summed E-state index contributed by atoms with van der Waals surface area (Å²) in [4.78, 5) is 30.0. The smallest absolute Gasteiger partial charge is 0.264 e. The maximum Gasteiger partial charge on any atom is 0.264 e. The van der Waals surface area contributed by atoms with Gasteiger partial charge in [0, 0.05) is 23.5 Å². The molecule has 7 nitrogen and oxygen atoms in total. The zero-order chi connectivity index (χ0) is 33.6. The monoisotopic (exact) mass is 699 g/mol. The average molecular weight is 701 g/mol. The van der Waals surface area contributed by atoms with Crippen LogP contribution >= 0.6 is 34.8 Å². The van der Waals surface area contributed by atoms with Crippen LogP contribution in [0.4, 0.5) is 5.69 Å². The minimum Gasteiger partial charge on any atom is -0.350 e. The Morgan fingerprint density at radius 1 is 0.804 bits per heavy atom. The van der Waals surface area contributed by atoms with Crippen molar-refractivity contribution in [1.82, 2.24) is 10.2 Å². The maximum atomic E-state index is 14.6. The van der Waals surface area contributed by atoms with Gasteiger partial charge in [-0.1, -0.05) is 89.4 Å². The number of hydrogen-bond acceptors (Lipinski definition) is 4. The number of aryl methyl sites for hydroxylation is 1. The van der Waals surface area contributed by atoms with Gasteiger partial charge in [0.25, 0.3) is 10.0 Å². The molecule has 0 aromatic heterocycles. The number of nitrogens with zero attached hydrogens (tertiary/aromatic N) is 2. The minimum atomic E-state index is -4.25. The Hall–Kier alpha value is -3.56. The van der Waals surface area contributed by atoms with Crippen molar-refractivity contribution in [2.24, 2.45) is 0 Å². The van der Waals surface area contributed by atoms with Crippen LogP contribution in [-0.2, 0) is 32.6 Å². The van der Waals surface area contributed by atoms with Crippen LogP contribution in [0.25, 0.3) is 0 Å². The first-order valence-corrected chi connectivity index (χ1v) is 17.2. The van der Waals surface area contributed by atoms with Gasteiger partial charge in [0.05, 0.1) is 20.6 Å². The highest BCUT2D eigenvalue weighted by Crippen LogP contribution is 2.29. The summed E-state index contributed by atoms with van der Waals surface area (Å²) in [6, 6.07) is 26.0. The van der Waals surface area contributed by atoms with Crippen molar-refractivity contribution < 1.29 is 18.0 Å². The SMILES string of the molecule is Cc1ccccc1N(CC(=O)N(Cc1ccc(Cl)c(Cl)c1)C(Cc1ccccc1)C(=O)NC(C)(C)C)S(=O)(=O)c1ccc(Cl)cc1. The molecule has 1 unspecified atom stereocenters. The molecule has 0 bridgehead atoms. The number of carbonyl (C=O) groups excluding carboxylic acids is 2. The van der Waals surface area contributed by atoms with Gasteiger partial charge in [-0.3, -0.25) is 13.9 Å². The molecule has 0 radical (unpaired) electrons.